The van der Waals surface area contributed by atoms with E-state index in [9.17, 15) is 0 Å². The molecule has 2 atom stereocenters. The summed E-state index contributed by atoms with van der Waals surface area (Å²) in [5.41, 5.74) is 1.33. The molecule has 0 aliphatic heterocycles. The Bertz CT molecular complexity index is 381. The monoisotopic (exact) mass is 262 g/mol. The molecule has 0 saturated heterocycles. The van der Waals surface area contributed by atoms with Gasteiger partial charge in [-0.3, -0.25) is 4.98 Å². The second kappa shape index (κ2) is 7.49. The first-order chi connectivity index (χ1) is 9.35. The number of hydrogen-bond acceptors (Lipinski definition) is 3. The zero-order chi connectivity index (χ0) is 13.5. The van der Waals surface area contributed by atoms with Crippen LogP contribution in [0.25, 0.3) is 0 Å². The van der Waals surface area contributed by atoms with Gasteiger partial charge in [0.1, 0.15) is 5.75 Å². The summed E-state index contributed by atoms with van der Waals surface area (Å²) in [6.45, 7) is 6.23. The molecule has 1 aromatic rings. The Labute approximate surface area is 116 Å². The highest BCUT2D eigenvalue weighted by molar-refractivity contribution is 5.28. The van der Waals surface area contributed by atoms with Crippen LogP contribution in [0.2, 0.25) is 0 Å². The van der Waals surface area contributed by atoms with E-state index in [0.717, 1.165) is 25.3 Å². The average Bonchev–Trinajstić information content (AvgIpc) is 2.91. The Morgan fingerprint density at radius 1 is 1.26 bits per heavy atom. The molecular formula is C16H26N2O. The lowest BCUT2D eigenvalue weighted by Gasteiger charge is -2.21. The number of aromatic nitrogens is 1. The maximum atomic E-state index is 5.69. The van der Waals surface area contributed by atoms with Gasteiger partial charge in [0, 0.05) is 18.2 Å². The summed E-state index contributed by atoms with van der Waals surface area (Å²) in [6, 6.07) is 2.79. The molecule has 2 rings (SSSR count). The van der Waals surface area contributed by atoms with Crippen LogP contribution < -0.4 is 10.1 Å². The van der Waals surface area contributed by atoms with Gasteiger partial charge in [-0.25, -0.2) is 0 Å². The van der Waals surface area contributed by atoms with E-state index in [1.54, 1.807) is 0 Å². The van der Waals surface area contributed by atoms with Crippen LogP contribution in [-0.2, 0) is 0 Å². The fraction of sp³-hybridized carbons (Fsp3) is 0.688. The van der Waals surface area contributed by atoms with E-state index in [1.165, 1.54) is 31.2 Å². The number of nitrogens with one attached hydrogen (secondary N) is 1. The summed E-state index contributed by atoms with van der Waals surface area (Å²) in [6.07, 6.45) is 9.92. The van der Waals surface area contributed by atoms with Crippen molar-refractivity contribution < 1.29 is 4.74 Å². The van der Waals surface area contributed by atoms with Crippen LogP contribution in [0.1, 0.15) is 57.4 Å². The Morgan fingerprint density at radius 2 is 2.16 bits per heavy atom. The third-order valence-corrected chi connectivity index (χ3v) is 3.81. The van der Waals surface area contributed by atoms with Crippen molar-refractivity contribution in [3.05, 3.63) is 24.0 Å². The van der Waals surface area contributed by atoms with Crippen molar-refractivity contribution in [2.45, 2.75) is 57.9 Å². The lowest BCUT2D eigenvalue weighted by atomic mass is 9.95. The molecule has 1 aliphatic carbocycles. The number of pyridine rings is 1. The Kier molecular flexibility index (Phi) is 5.64. The molecule has 19 heavy (non-hydrogen) atoms. The van der Waals surface area contributed by atoms with E-state index in [4.69, 9.17) is 4.74 Å². The predicted molar refractivity (Wildman–Crippen MR) is 78.7 cm³/mol. The highest BCUT2D eigenvalue weighted by Gasteiger charge is 2.28. The predicted octanol–water partition coefficient (Wildman–Crippen LogP) is 3.51. The standard InChI is InChI=1S/C16H26N2O/c1-3-8-18-16-7-5-6-15(16)13-10-14(12-17-11-13)19-9-4-2/h10-12,15-16,18H,3-9H2,1-2H3. The molecule has 1 aliphatic rings. The van der Waals surface area contributed by atoms with E-state index in [-0.39, 0.29) is 0 Å². The average molecular weight is 262 g/mol. The van der Waals surface area contributed by atoms with Crippen LogP contribution in [0.5, 0.6) is 5.75 Å². The number of nitrogens with zero attached hydrogens (tertiary/aromatic N) is 1. The van der Waals surface area contributed by atoms with Gasteiger partial charge in [0.15, 0.2) is 0 Å². The minimum Gasteiger partial charge on any atom is -0.492 e. The maximum Gasteiger partial charge on any atom is 0.137 e. The fourth-order valence-corrected chi connectivity index (χ4v) is 2.87. The molecular weight excluding hydrogens is 236 g/mol. The minimum atomic E-state index is 0.601. The lowest BCUT2D eigenvalue weighted by Crippen LogP contribution is -2.31. The van der Waals surface area contributed by atoms with E-state index in [0.29, 0.717) is 12.0 Å². The van der Waals surface area contributed by atoms with Gasteiger partial charge in [-0.1, -0.05) is 20.3 Å². The van der Waals surface area contributed by atoms with E-state index < -0.39 is 0 Å². The minimum absolute atomic E-state index is 0.601. The Hall–Kier alpha value is -1.09. The van der Waals surface area contributed by atoms with Gasteiger partial charge in [-0.15, -0.1) is 0 Å². The van der Waals surface area contributed by atoms with Crippen LogP contribution >= 0.6 is 0 Å². The van der Waals surface area contributed by atoms with Crippen LogP contribution in [0.3, 0.4) is 0 Å². The second-order valence-electron chi connectivity index (χ2n) is 5.40. The fourth-order valence-electron chi connectivity index (χ4n) is 2.87. The van der Waals surface area contributed by atoms with Crippen molar-refractivity contribution in [2.24, 2.45) is 0 Å². The summed E-state index contributed by atoms with van der Waals surface area (Å²) in [4.78, 5) is 4.34. The van der Waals surface area contributed by atoms with Crippen molar-refractivity contribution >= 4 is 0 Å². The van der Waals surface area contributed by atoms with Crippen LogP contribution in [0, 0.1) is 0 Å². The van der Waals surface area contributed by atoms with Crippen LogP contribution in [0.15, 0.2) is 18.5 Å². The molecule has 3 heteroatoms. The van der Waals surface area contributed by atoms with E-state index in [1.807, 2.05) is 12.4 Å². The lowest BCUT2D eigenvalue weighted by molar-refractivity contribution is 0.315. The third-order valence-electron chi connectivity index (χ3n) is 3.81. The van der Waals surface area contributed by atoms with Gasteiger partial charge >= 0.3 is 0 Å². The molecule has 0 bridgehead atoms. The molecule has 1 N–H and O–H groups in total. The molecule has 0 amide bonds. The zero-order valence-electron chi connectivity index (χ0n) is 12.2. The molecule has 2 unspecified atom stereocenters. The van der Waals surface area contributed by atoms with E-state index in [2.05, 4.69) is 30.2 Å². The molecule has 1 fully saturated rings. The summed E-state index contributed by atoms with van der Waals surface area (Å²) < 4.78 is 5.69. The Morgan fingerprint density at radius 3 is 2.95 bits per heavy atom. The van der Waals surface area contributed by atoms with Gasteiger partial charge in [-0.05, 0) is 43.9 Å². The highest BCUT2D eigenvalue weighted by atomic mass is 16.5. The van der Waals surface area contributed by atoms with Gasteiger partial charge < -0.3 is 10.1 Å². The zero-order valence-corrected chi connectivity index (χ0v) is 12.2. The van der Waals surface area contributed by atoms with Gasteiger partial charge in [-0.2, -0.15) is 0 Å². The first-order valence-electron chi connectivity index (χ1n) is 7.66. The number of rotatable bonds is 7. The van der Waals surface area contributed by atoms with Crippen molar-refractivity contribution in [1.82, 2.24) is 10.3 Å². The maximum absolute atomic E-state index is 5.69. The Balaban J connectivity index is 2.03. The molecule has 0 aromatic carbocycles. The number of hydrogen-bond donors (Lipinski definition) is 1. The van der Waals surface area contributed by atoms with Gasteiger partial charge in [0.05, 0.1) is 12.8 Å². The van der Waals surface area contributed by atoms with Crippen molar-refractivity contribution in [3.63, 3.8) is 0 Å². The smallest absolute Gasteiger partial charge is 0.137 e. The molecule has 3 nitrogen and oxygen atoms in total. The first-order valence-corrected chi connectivity index (χ1v) is 7.66. The molecule has 1 heterocycles. The molecule has 1 aromatic heterocycles. The molecule has 106 valence electrons. The van der Waals surface area contributed by atoms with Gasteiger partial charge in [0.2, 0.25) is 0 Å². The first kappa shape index (κ1) is 14.3. The molecule has 0 spiro atoms. The normalized spacial score (nSPS) is 22.6. The summed E-state index contributed by atoms with van der Waals surface area (Å²) in [5, 5.41) is 3.67. The highest BCUT2D eigenvalue weighted by Crippen LogP contribution is 2.35. The second-order valence-corrected chi connectivity index (χ2v) is 5.40. The molecule has 1 saturated carbocycles. The topological polar surface area (TPSA) is 34.2 Å². The van der Waals surface area contributed by atoms with E-state index >= 15 is 0 Å². The van der Waals surface area contributed by atoms with Crippen molar-refractivity contribution in [2.75, 3.05) is 13.2 Å². The summed E-state index contributed by atoms with van der Waals surface area (Å²) in [7, 11) is 0. The SMILES string of the molecule is CCCNC1CCCC1c1cncc(OCCC)c1. The third kappa shape index (κ3) is 3.93. The van der Waals surface area contributed by atoms with Crippen molar-refractivity contribution in [3.8, 4) is 5.75 Å². The quantitative estimate of drug-likeness (QED) is 0.816. The van der Waals surface area contributed by atoms with Crippen LogP contribution in [-0.4, -0.2) is 24.2 Å². The summed E-state index contributed by atoms with van der Waals surface area (Å²) >= 11 is 0. The number of ether oxygens (including phenoxy) is 1. The molecule has 0 radical (unpaired) electrons. The summed E-state index contributed by atoms with van der Waals surface area (Å²) in [5.74, 6) is 1.52. The van der Waals surface area contributed by atoms with Gasteiger partial charge in [0.25, 0.3) is 0 Å². The van der Waals surface area contributed by atoms with Crippen molar-refractivity contribution in [1.29, 1.82) is 0 Å². The van der Waals surface area contributed by atoms with Crippen LogP contribution in [0.4, 0.5) is 0 Å². The largest absolute Gasteiger partial charge is 0.492 e.